The Bertz CT molecular complexity index is 388. The fraction of sp³-hybridized carbons (Fsp3) is 0.727. The molecule has 0 spiro atoms. The SMILES string of the molecule is Cc1nn(CCOCC(F)(F)F)c(C)c1CCN. The highest BCUT2D eigenvalue weighted by Crippen LogP contribution is 2.15. The Morgan fingerprint density at radius 2 is 2.00 bits per heavy atom. The van der Waals surface area contributed by atoms with Crippen LogP contribution in [0.2, 0.25) is 0 Å². The van der Waals surface area contributed by atoms with Gasteiger partial charge in [0.05, 0.1) is 18.8 Å². The van der Waals surface area contributed by atoms with E-state index in [0.717, 1.165) is 23.4 Å². The third-order valence-electron chi connectivity index (χ3n) is 2.64. The molecule has 0 radical (unpaired) electrons. The van der Waals surface area contributed by atoms with Crippen LogP contribution in [0.5, 0.6) is 0 Å². The molecule has 18 heavy (non-hydrogen) atoms. The minimum Gasteiger partial charge on any atom is -0.370 e. The molecule has 104 valence electrons. The number of nitrogens with two attached hydrogens (primary N) is 1. The Kier molecular flexibility index (Phi) is 5.15. The van der Waals surface area contributed by atoms with E-state index in [1.54, 1.807) is 4.68 Å². The monoisotopic (exact) mass is 265 g/mol. The van der Waals surface area contributed by atoms with E-state index in [0.29, 0.717) is 13.1 Å². The average Bonchev–Trinajstić information content (AvgIpc) is 2.51. The Labute approximate surface area is 104 Å². The lowest BCUT2D eigenvalue weighted by Crippen LogP contribution is -2.19. The first-order valence-corrected chi connectivity index (χ1v) is 5.72. The first-order chi connectivity index (χ1) is 8.35. The van der Waals surface area contributed by atoms with Crippen LogP contribution in [0, 0.1) is 13.8 Å². The van der Waals surface area contributed by atoms with Crippen molar-refractivity contribution in [2.75, 3.05) is 19.8 Å². The molecular weight excluding hydrogens is 247 g/mol. The molecule has 1 aromatic rings. The quantitative estimate of drug-likeness (QED) is 0.794. The summed E-state index contributed by atoms with van der Waals surface area (Å²) in [5, 5.41) is 4.26. The molecule has 0 saturated carbocycles. The second kappa shape index (κ2) is 6.19. The van der Waals surface area contributed by atoms with Crippen molar-refractivity contribution in [3.63, 3.8) is 0 Å². The highest BCUT2D eigenvalue weighted by atomic mass is 19.4. The Morgan fingerprint density at radius 1 is 1.33 bits per heavy atom. The fourth-order valence-electron chi connectivity index (χ4n) is 1.80. The zero-order valence-corrected chi connectivity index (χ0v) is 10.5. The summed E-state index contributed by atoms with van der Waals surface area (Å²) < 4.78 is 41.8. The molecule has 0 unspecified atom stereocenters. The molecule has 7 heteroatoms. The van der Waals surface area contributed by atoms with E-state index in [2.05, 4.69) is 9.84 Å². The van der Waals surface area contributed by atoms with Gasteiger partial charge in [-0.05, 0) is 32.4 Å². The Hall–Kier alpha value is -1.08. The summed E-state index contributed by atoms with van der Waals surface area (Å²) in [5.74, 6) is 0. The average molecular weight is 265 g/mol. The number of ether oxygens (including phenoxy) is 1. The molecule has 0 aromatic carbocycles. The molecule has 1 aromatic heterocycles. The standard InChI is InChI=1S/C11H18F3N3O/c1-8-10(3-4-15)9(2)17(16-8)5-6-18-7-11(12,13)14/h3-7,15H2,1-2H3. The van der Waals surface area contributed by atoms with E-state index in [1.807, 2.05) is 13.8 Å². The molecule has 0 aliphatic carbocycles. The van der Waals surface area contributed by atoms with Gasteiger partial charge in [-0.15, -0.1) is 0 Å². The van der Waals surface area contributed by atoms with Gasteiger partial charge < -0.3 is 10.5 Å². The van der Waals surface area contributed by atoms with E-state index in [4.69, 9.17) is 5.73 Å². The molecule has 0 aliphatic rings. The normalized spacial score (nSPS) is 12.1. The summed E-state index contributed by atoms with van der Waals surface area (Å²) in [6.45, 7) is 3.36. The molecular formula is C11H18F3N3O. The highest BCUT2D eigenvalue weighted by Gasteiger charge is 2.27. The Balaban J connectivity index is 2.50. The largest absolute Gasteiger partial charge is 0.411 e. The molecule has 0 saturated heterocycles. The third kappa shape index (κ3) is 4.30. The van der Waals surface area contributed by atoms with Crippen molar-refractivity contribution in [2.24, 2.45) is 5.73 Å². The van der Waals surface area contributed by atoms with Crippen molar-refractivity contribution in [2.45, 2.75) is 33.0 Å². The van der Waals surface area contributed by atoms with Gasteiger partial charge in [-0.2, -0.15) is 18.3 Å². The zero-order chi connectivity index (χ0) is 13.8. The van der Waals surface area contributed by atoms with Gasteiger partial charge in [-0.1, -0.05) is 0 Å². The third-order valence-corrected chi connectivity index (χ3v) is 2.64. The summed E-state index contributed by atoms with van der Waals surface area (Å²) in [6, 6.07) is 0. The van der Waals surface area contributed by atoms with E-state index in [9.17, 15) is 13.2 Å². The van der Waals surface area contributed by atoms with Crippen LogP contribution in [-0.4, -0.2) is 35.7 Å². The molecule has 0 aliphatic heterocycles. The minimum absolute atomic E-state index is 0.0104. The van der Waals surface area contributed by atoms with Gasteiger partial charge in [0.1, 0.15) is 6.61 Å². The summed E-state index contributed by atoms with van der Waals surface area (Å²) >= 11 is 0. The van der Waals surface area contributed by atoms with Gasteiger partial charge in [0, 0.05) is 5.69 Å². The van der Waals surface area contributed by atoms with Crippen LogP contribution in [0.4, 0.5) is 13.2 Å². The second-order valence-corrected chi connectivity index (χ2v) is 4.08. The smallest absolute Gasteiger partial charge is 0.370 e. The Morgan fingerprint density at radius 3 is 2.56 bits per heavy atom. The number of hydrogen-bond donors (Lipinski definition) is 1. The predicted octanol–water partition coefficient (Wildman–Crippen LogP) is 1.58. The summed E-state index contributed by atoms with van der Waals surface area (Å²) in [7, 11) is 0. The van der Waals surface area contributed by atoms with E-state index < -0.39 is 12.8 Å². The van der Waals surface area contributed by atoms with Gasteiger partial charge in [0.2, 0.25) is 0 Å². The maximum absolute atomic E-state index is 11.9. The van der Waals surface area contributed by atoms with Gasteiger partial charge in [-0.3, -0.25) is 4.68 Å². The summed E-state index contributed by atoms with van der Waals surface area (Å²) in [6.07, 6.45) is -3.55. The van der Waals surface area contributed by atoms with Crippen molar-refractivity contribution in [1.82, 2.24) is 9.78 Å². The van der Waals surface area contributed by atoms with E-state index in [-0.39, 0.29) is 6.61 Å². The number of aromatic nitrogens is 2. The van der Waals surface area contributed by atoms with Crippen molar-refractivity contribution in [3.8, 4) is 0 Å². The first-order valence-electron chi connectivity index (χ1n) is 5.72. The lowest BCUT2D eigenvalue weighted by Gasteiger charge is -2.08. The number of hydrogen-bond acceptors (Lipinski definition) is 3. The fourth-order valence-corrected chi connectivity index (χ4v) is 1.80. The molecule has 2 N–H and O–H groups in total. The maximum atomic E-state index is 11.9. The van der Waals surface area contributed by atoms with Crippen molar-refractivity contribution < 1.29 is 17.9 Å². The van der Waals surface area contributed by atoms with Crippen LogP contribution in [0.25, 0.3) is 0 Å². The molecule has 0 fully saturated rings. The number of alkyl halides is 3. The van der Waals surface area contributed by atoms with Crippen LogP contribution in [-0.2, 0) is 17.7 Å². The topological polar surface area (TPSA) is 53.1 Å². The predicted molar refractivity (Wildman–Crippen MR) is 61.3 cm³/mol. The summed E-state index contributed by atoms with van der Waals surface area (Å²) in [5.41, 5.74) is 8.36. The number of nitrogens with zero attached hydrogens (tertiary/aromatic N) is 2. The molecule has 0 bridgehead atoms. The van der Waals surface area contributed by atoms with E-state index >= 15 is 0 Å². The molecule has 1 rings (SSSR count). The highest BCUT2D eigenvalue weighted by molar-refractivity contribution is 5.24. The summed E-state index contributed by atoms with van der Waals surface area (Å²) in [4.78, 5) is 0. The van der Waals surface area contributed by atoms with Gasteiger partial charge in [0.25, 0.3) is 0 Å². The van der Waals surface area contributed by atoms with Crippen LogP contribution in [0.3, 0.4) is 0 Å². The minimum atomic E-state index is -4.28. The second-order valence-electron chi connectivity index (χ2n) is 4.08. The van der Waals surface area contributed by atoms with Gasteiger partial charge >= 0.3 is 6.18 Å². The zero-order valence-electron chi connectivity index (χ0n) is 10.5. The molecule has 4 nitrogen and oxygen atoms in total. The van der Waals surface area contributed by atoms with Crippen molar-refractivity contribution in [3.05, 3.63) is 17.0 Å². The van der Waals surface area contributed by atoms with Gasteiger partial charge in [0.15, 0.2) is 0 Å². The first kappa shape index (κ1) is 15.0. The molecule has 1 heterocycles. The van der Waals surface area contributed by atoms with Crippen molar-refractivity contribution in [1.29, 1.82) is 0 Å². The molecule has 0 amide bonds. The van der Waals surface area contributed by atoms with Crippen LogP contribution in [0.1, 0.15) is 17.0 Å². The van der Waals surface area contributed by atoms with Crippen LogP contribution < -0.4 is 5.73 Å². The van der Waals surface area contributed by atoms with Crippen LogP contribution >= 0.6 is 0 Å². The van der Waals surface area contributed by atoms with Crippen LogP contribution in [0.15, 0.2) is 0 Å². The van der Waals surface area contributed by atoms with E-state index in [1.165, 1.54) is 0 Å². The molecule has 0 atom stereocenters. The number of aryl methyl sites for hydroxylation is 1. The number of rotatable bonds is 6. The maximum Gasteiger partial charge on any atom is 0.411 e. The lowest BCUT2D eigenvalue weighted by molar-refractivity contribution is -0.174. The lowest BCUT2D eigenvalue weighted by atomic mass is 10.1. The van der Waals surface area contributed by atoms with Crippen molar-refractivity contribution >= 4 is 0 Å². The van der Waals surface area contributed by atoms with Gasteiger partial charge in [-0.25, -0.2) is 0 Å². The number of halogens is 3.